The number of guanidine groups is 1. The monoisotopic (exact) mass is 485 g/mol. The van der Waals surface area contributed by atoms with Gasteiger partial charge < -0.3 is 15.5 Å². The van der Waals surface area contributed by atoms with Gasteiger partial charge in [-0.3, -0.25) is 9.89 Å². The molecule has 1 aromatic carbocycles. The van der Waals surface area contributed by atoms with Crippen LogP contribution in [0, 0.1) is 0 Å². The Labute approximate surface area is 182 Å². The molecule has 2 heterocycles. The fourth-order valence-electron chi connectivity index (χ4n) is 3.90. The molecular weight excluding hydrogens is 449 g/mol. The van der Waals surface area contributed by atoms with E-state index < -0.39 is 0 Å². The zero-order valence-corrected chi connectivity index (χ0v) is 18.9. The van der Waals surface area contributed by atoms with Crippen LogP contribution in [0.3, 0.4) is 0 Å². The Hall–Kier alpha value is -0.860. The van der Waals surface area contributed by atoms with E-state index in [0.29, 0.717) is 0 Å². The number of benzene rings is 1. The van der Waals surface area contributed by atoms with Crippen molar-refractivity contribution in [2.75, 3.05) is 52.4 Å². The van der Waals surface area contributed by atoms with E-state index in [1.54, 1.807) is 0 Å². The van der Waals surface area contributed by atoms with Gasteiger partial charge in [0.25, 0.3) is 0 Å². The Morgan fingerprint density at radius 3 is 2.15 bits per heavy atom. The molecule has 2 N–H and O–H groups in total. The lowest BCUT2D eigenvalue weighted by molar-refractivity contribution is 0.127. The number of nitrogens with two attached hydrogens (primary N) is 1. The van der Waals surface area contributed by atoms with Crippen molar-refractivity contribution in [2.24, 2.45) is 10.7 Å². The molecule has 3 rings (SSSR count). The third-order valence-electron chi connectivity index (χ3n) is 5.55. The maximum absolute atomic E-state index is 6.18. The van der Waals surface area contributed by atoms with Gasteiger partial charge in [0, 0.05) is 58.9 Å². The van der Waals surface area contributed by atoms with Crippen molar-refractivity contribution in [3.63, 3.8) is 0 Å². The number of aliphatic imine (C=N–C) groups is 1. The second-order valence-electron chi connectivity index (χ2n) is 7.60. The molecule has 6 heteroatoms. The molecule has 0 radical (unpaired) electrons. The quantitative estimate of drug-likeness (QED) is 0.291. The first-order valence-electron chi connectivity index (χ1n) is 10.3. The van der Waals surface area contributed by atoms with Crippen LogP contribution in [0.25, 0.3) is 0 Å². The van der Waals surface area contributed by atoms with Crippen LogP contribution in [-0.4, -0.2) is 73.0 Å². The average Bonchev–Trinajstić information content (AvgIpc) is 2.97. The van der Waals surface area contributed by atoms with Gasteiger partial charge >= 0.3 is 0 Å². The highest BCUT2D eigenvalue weighted by atomic mass is 127. The number of hydrogen-bond acceptors (Lipinski definition) is 3. The van der Waals surface area contributed by atoms with Crippen molar-refractivity contribution in [2.45, 2.75) is 38.6 Å². The van der Waals surface area contributed by atoms with Crippen LogP contribution >= 0.6 is 24.0 Å². The molecule has 2 saturated heterocycles. The van der Waals surface area contributed by atoms with Gasteiger partial charge in [0.2, 0.25) is 0 Å². The second-order valence-corrected chi connectivity index (χ2v) is 7.60. The molecule has 2 fully saturated rings. The van der Waals surface area contributed by atoms with Crippen LogP contribution in [0.1, 0.15) is 37.7 Å². The topological polar surface area (TPSA) is 48.1 Å². The van der Waals surface area contributed by atoms with E-state index >= 15 is 0 Å². The average molecular weight is 485 g/mol. The van der Waals surface area contributed by atoms with Gasteiger partial charge in [0.15, 0.2) is 5.96 Å². The molecule has 0 atom stereocenters. The lowest BCUT2D eigenvalue weighted by Gasteiger charge is -2.34. The highest BCUT2D eigenvalue weighted by Crippen LogP contribution is 2.10. The molecule has 0 aliphatic carbocycles. The van der Waals surface area contributed by atoms with Crippen molar-refractivity contribution >= 4 is 29.9 Å². The Kier molecular flexibility index (Phi) is 10.4. The van der Waals surface area contributed by atoms with E-state index in [1.807, 2.05) is 0 Å². The highest BCUT2D eigenvalue weighted by molar-refractivity contribution is 14.0. The van der Waals surface area contributed by atoms with Crippen LogP contribution in [0.15, 0.2) is 35.3 Å². The van der Waals surface area contributed by atoms with Crippen molar-refractivity contribution < 1.29 is 0 Å². The molecule has 0 amide bonds. The fourth-order valence-corrected chi connectivity index (χ4v) is 3.90. The summed E-state index contributed by atoms with van der Waals surface area (Å²) in [5.74, 6) is 0.764. The van der Waals surface area contributed by atoms with E-state index in [1.165, 1.54) is 31.2 Å². The van der Waals surface area contributed by atoms with E-state index in [4.69, 9.17) is 5.73 Å². The van der Waals surface area contributed by atoms with Crippen LogP contribution in [0.5, 0.6) is 0 Å². The Morgan fingerprint density at radius 2 is 1.48 bits per heavy atom. The maximum atomic E-state index is 6.18. The number of halogens is 1. The van der Waals surface area contributed by atoms with Crippen LogP contribution in [-0.2, 0) is 6.54 Å². The van der Waals surface area contributed by atoms with Gasteiger partial charge in [0.1, 0.15) is 0 Å². The van der Waals surface area contributed by atoms with E-state index in [2.05, 4.69) is 50.0 Å². The smallest absolute Gasteiger partial charge is 0.191 e. The minimum Gasteiger partial charge on any atom is -0.370 e. The first kappa shape index (κ1) is 22.4. The summed E-state index contributed by atoms with van der Waals surface area (Å²) >= 11 is 0. The summed E-state index contributed by atoms with van der Waals surface area (Å²) in [5, 5.41) is 0. The molecule has 1 aromatic rings. The lowest BCUT2D eigenvalue weighted by atomic mass is 10.2. The summed E-state index contributed by atoms with van der Waals surface area (Å²) < 4.78 is 0. The molecule has 0 unspecified atom stereocenters. The van der Waals surface area contributed by atoms with E-state index in [-0.39, 0.29) is 24.0 Å². The largest absolute Gasteiger partial charge is 0.370 e. The van der Waals surface area contributed by atoms with E-state index in [9.17, 15) is 0 Å². The first-order chi connectivity index (χ1) is 12.8. The molecule has 152 valence electrons. The third-order valence-corrected chi connectivity index (χ3v) is 5.55. The van der Waals surface area contributed by atoms with Gasteiger partial charge in [-0.25, -0.2) is 0 Å². The molecule has 2 aliphatic heterocycles. The predicted molar refractivity (Wildman–Crippen MR) is 125 cm³/mol. The zero-order valence-electron chi connectivity index (χ0n) is 16.6. The van der Waals surface area contributed by atoms with Crippen molar-refractivity contribution in [1.82, 2.24) is 14.7 Å². The summed E-state index contributed by atoms with van der Waals surface area (Å²) in [6.07, 6.45) is 6.28. The second kappa shape index (κ2) is 12.6. The van der Waals surface area contributed by atoms with Gasteiger partial charge in [-0.05, 0) is 24.8 Å². The SMILES string of the molecule is I.NC(=NCCCN1CCN(Cc2ccccc2)CC1)N1CCCCCC1. The Morgan fingerprint density at radius 1 is 0.852 bits per heavy atom. The van der Waals surface area contributed by atoms with Crippen LogP contribution in [0.2, 0.25) is 0 Å². The van der Waals surface area contributed by atoms with Gasteiger partial charge in [-0.1, -0.05) is 43.2 Å². The number of likely N-dealkylation sites (tertiary alicyclic amines) is 1. The molecule has 0 bridgehead atoms. The highest BCUT2D eigenvalue weighted by Gasteiger charge is 2.16. The standard InChI is InChI=1S/C21H35N5.HI/c22-21(26-13-6-1-2-7-14-26)23-11-8-12-24-15-17-25(18-16-24)19-20-9-4-3-5-10-20;/h3-5,9-10H,1-2,6-8,11-19H2,(H2,22,23);1H. The van der Waals surface area contributed by atoms with Crippen molar-refractivity contribution in [1.29, 1.82) is 0 Å². The summed E-state index contributed by atoms with van der Waals surface area (Å²) in [5.41, 5.74) is 7.60. The molecule has 0 spiro atoms. The van der Waals surface area contributed by atoms with Crippen LogP contribution in [0.4, 0.5) is 0 Å². The van der Waals surface area contributed by atoms with Crippen molar-refractivity contribution in [3.05, 3.63) is 35.9 Å². The number of rotatable bonds is 6. The predicted octanol–water partition coefficient (Wildman–Crippen LogP) is 3.00. The van der Waals surface area contributed by atoms with Crippen molar-refractivity contribution in [3.8, 4) is 0 Å². The summed E-state index contributed by atoms with van der Waals surface area (Å²) in [6.45, 7) is 9.88. The normalized spacial score (nSPS) is 20.1. The fraction of sp³-hybridized carbons (Fsp3) is 0.667. The molecule has 27 heavy (non-hydrogen) atoms. The number of nitrogens with zero attached hydrogens (tertiary/aromatic N) is 4. The number of hydrogen-bond donors (Lipinski definition) is 1. The number of piperazine rings is 1. The zero-order chi connectivity index (χ0) is 18.0. The van der Waals surface area contributed by atoms with Crippen LogP contribution < -0.4 is 5.73 Å². The summed E-state index contributed by atoms with van der Waals surface area (Å²) in [4.78, 5) is 12.0. The maximum Gasteiger partial charge on any atom is 0.191 e. The van der Waals surface area contributed by atoms with Gasteiger partial charge in [-0.15, -0.1) is 24.0 Å². The van der Waals surface area contributed by atoms with E-state index in [0.717, 1.165) is 71.3 Å². The summed E-state index contributed by atoms with van der Waals surface area (Å²) in [6, 6.07) is 10.8. The molecule has 2 aliphatic rings. The molecule has 5 nitrogen and oxygen atoms in total. The Balaban J connectivity index is 0.00000261. The molecule has 0 aromatic heterocycles. The third kappa shape index (κ3) is 7.95. The van der Waals surface area contributed by atoms with Gasteiger partial charge in [0.05, 0.1) is 0 Å². The van der Waals surface area contributed by atoms with Gasteiger partial charge in [-0.2, -0.15) is 0 Å². The lowest BCUT2D eigenvalue weighted by Crippen LogP contribution is -2.46. The molecule has 0 saturated carbocycles. The summed E-state index contributed by atoms with van der Waals surface area (Å²) in [7, 11) is 0. The minimum atomic E-state index is 0. The Bertz CT molecular complexity index is 535. The minimum absolute atomic E-state index is 0. The first-order valence-corrected chi connectivity index (χ1v) is 10.3. The molecular formula is C21H36IN5.